The average molecular weight is 662 g/mol. The Morgan fingerprint density at radius 2 is 1.63 bits per heavy atom. The number of rotatable bonds is 12. The van der Waals surface area contributed by atoms with Crippen LogP contribution < -0.4 is 33.3 Å². The van der Waals surface area contributed by atoms with Gasteiger partial charge in [0.1, 0.15) is 0 Å². The van der Waals surface area contributed by atoms with E-state index in [0.29, 0.717) is 13.1 Å². The molecule has 0 fully saturated rings. The molecule has 1 aliphatic rings. The molecule has 0 radical (unpaired) electrons. The summed E-state index contributed by atoms with van der Waals surface area (Å²) in [6.07, 6.45) is -8.19. The predicted molar refractivity (Wildman–Crippen MR) is 158 cm³/mol. The third-order valence-corrected chi connectivity index (χ3v) is 6.79. The second-order valence-electron chi connectivity index (χ2n) is 10.2. The number of nitrogens with zero attached hydrogens (tertiary/aromatic N) is 1. The zero-order valence-corrected chi connectivity index (χ0v) is 25.0. The van der Waals surface area contributed by atoms with Crippen LogP contribution in [0.3, 0.4) is 0 Å². The quantitative estimate of drug-likeness (QED) is 0.144. The third-order valence-electron chi connectivity index (χ3n) is 6.79. The fraction of sp³-hybridized carbons (Fsp3) is 0.464. The Kier molecular flexibility index (Phi) is 14.5. The van der Waals surface area contributed by atoms with E-state index in [9.17, 15) is 45.8 Å². The van der Waals surface area contributed by atoms with E-state index in [4.69, 9.17) is 21.9 Å². The number of carbonyl (C=O) groups excluding carboxylic acids is 3. The van der Waals surface area contributed by atoms with E-state index in [1.165, 1.54) is 23.1 Å². The smallest absolute Gasteiger partial charge is 0.423 e. The maximum atomic E-state index is 13.3. The fourth-order valence-corrected chi connectivity index (χ4v) is 4.33. The van der Waals surface area contributed by atoms with E-state index >= 15 is 0 Å². The molecular formula is C28H37BF6N6O5. The number of hydrogen-bond donors (Lipinski definition) is 6. The molecule has 9 N–H and O–H groups in total. The summed E-state index contributed by atoms with van der Waals surface area (Å²) in [7, 11) is -1.54. The van der Waals surface area contributed by atoms with Crippen molar-refractivity contribution >= 4 is 36.0 Å². The van der Waals surface area contributed by atoms with Gasteiger partial charge in [-0.2, -0.15) is 26.3 Å². The lowest BCUT2D eigenvalue weighted by atomic mass is 9.78. The number of hydrogen-bond acceptors (Lipinski definition) is 8. The monoisotopic (exact) mass is 662 g/mol. The Hall–Kier alpha value is -3.71. The molecule has 2 aromatic rings. The second-order valence-corrected chi connectivity index (χ2v) is 10.2. The number of amides is 3. The molecule has 0 spiro atoms. The second kappa shape index (κ2) is 17.3. The number of alkyl halides is 6. The number of benzene rings is 2. The summed E-state index contributed by atoms with van der Waals surface area (Å²) in [4.78, 5) is 37.9. The van der Waals surface area contributed by atoms with Crippen LogP contribution in [0.5, 0.6) is 0 Å². The Morgan fingerprint density at radius 1 is 1.02 bits per heavy atom. The first-order valence-electron chi connectivity index (χ1n) is 14.2. The normalized spacial score (nSPS) is 13.3. The molecule has 0 aromatic heterocycles. The minimum Gasteiger partial charge on any atom is -0.423 e. The number of nitrogens with one attached hydrogen (secondary N) is 2. The van der Waals surface area contributed by atoms with Crippen molar-refractivity contribution in [3.8, 4) is 0 Å². The minimum atomic E-state index is -4.72. The highest BCUT2D eigenvalue weighted by Crippen LogP contribution is 2.35. The summed E-state index contributed by atoms with van der Waals surface area (Å²) in [6, 6.07) is 6.04. The van der Waals surface area contributed by atoms with Crippen LogP contribution in [0.15, 0.2) is 36.4 Å². The van der Waals surface area contributed by atoms with Gasteiger partial charge in [0.05, 0.1) is 30.3 Å². The molecule has 3 rings (SSSR count). The summed E-state index contributed by atoms with van der Waals surface area (Å²) in [5.74, 6) is -1.78. The van der Waals surface area contributed by atoms with Gasteiger partial charge < -0.3 is 42.4 Å². The number of anilines is 1. The Bertz CT molecular complexity index is 1320. The highest BCUT2D eigenvalue weighted by atomic mass is 19.4. The van der Waals surface area contributed by atoms with Gasteiger partial charge in [-0.3, -0.25) is 14.4 Å². The predicted octanol–water partition coefficient (Wildman–Crippen LogP) is 1.10. The first-order valence-corrected chi connectivity index (χ1v) is 14.2. The standard InChI is InChI=1S/C19H28BF3N6O5.C9H9F3/c21-19(22,23)13-7-11(8-14-12(13)10-34-20(14)33)28-16(30)9-27-18(32)15(26)1-2-17(31)29(5-3-24)6-4-25;1-2-7-3-5-8(6-4-7)9(10,11)12/h7-8,15,33H,1-6,9-10,24-26H2,(H,27,32)(H,28,30);3-6H,2H2,1H3. The highest BCUT2D eigenvalue weighted by molar-refractivity contribution is 6.61. The van der Waals surface area contributed by atoms with Crippen molar-refractivity contribution in [2.45, 2.75) is 51.2 Å². The van der Waals surface area contributed by atoms with Crippen LogP contribution in [0.2, 0.25) is 0 Å². The molecule has 1 unspecified atom stereocenters. The summed E-state index contributed by atoms with van der Waals surface area (Å²) >= 11 is 0. The highest BCUT2D eigenvalue weighted by Gasteiger charge is 2.40. The summed E-state index contributed by atoms with van der Waals surface area (Å²) in [5, 5.41) is 14.3. The minimum absolute atomic E-state index is 0.00951. The molecule has 46 heavy (non-hydrogen) atoms. The molecule has 254 valence electrons. The van der Waals surface area contributed by atoms with Crippen molar-refractivity contribution in [3.05, 3.63) is 58.7 Å². The molecule has 0 saturated heterocycles. The number of nitrogens with two attached hydrogens (primary N) is 3. The largest absolute Gasteiger partial charge is 0.491 e. The van der Waals surface area contributed by atoms with Crippen molar-refractivity contribution in [1.29, 1.82) is 0 Å². The summed E-state index contributed by atoms with van der Waals surface area (Å²) in [5.41, 5.74) is 15.4. The lowest BCUT2D eigenvalue weighted by Gasteiger charge is -2.22. The number of aryl methyl sites for hydroxylation is 1. The van der Waals surface area contributed by atoms with Gasteiger partial charge in [0.25, 0.3) is 0 Å². The van der Waals surface area contributed by atoms with Crippen LogP contribution in [0.1, 0.15) is 42.0 Å². The lowest BCUT2D eigenvalue weighted by Crippen LogP contribution is -2.45. The number of carbonyl (C=O) groups is 3. The van der Waals surface area contributed by atoms with Crippen molar-refractivity contribution in [2.24, 2.45) is 17.2 Å². The molecule has 1 aliphatic heterocycles. The van der Waals surface area contributed by atoms with E-state index in [1.54, 1.807) is 0 Å². The fourth-order valence-electron chi connectivity index (χ4n) is 4.33. The third kappa shape index (κ3) is 11.6. The SMILES string of the molecule is CCc1ccc(C(F)(F)F)cc1.NCCN(CCN)C(=O)CCC(N)C(=O)NCC(=O)Nc1cc2c(c(C(F)(F)F)c1)COB2O. The maximum absolute atomic E-state index is 13.3. The number of fused-ring (bicyclic) bond motifs is 1. The van der Waals surface area contributed by atoms with Crippen LogP contribution in [0, 0.1) is 0 Å². The van der Waals surface area contributed by atoms with Gasteiger partial charge in [-0.15, -0.1) is 0 Å². The van der Waals surface area contributed by atoms with Gasteiger partial charge in [-0.05, 0) is 53.7 Å². The van der Waals surface area contributed by atoms with Crippen molar-refractivity contribution in [3.63, 3.8) is 0 Å². The Morgan fingerprint density at radius 3 is 2.15 bits per heavy atom. The molecule has 3 amide bonds. The van der Waals surface area contributed by atoms with Crippen LogP contribution in [0.25, 0.3) is 0 Å². The van der Waals surface area contributed by atoms with E-state index in [-0.39, 0.29) is 48.6 Å². The molecule has 1 atom stereocenters. The van der Waals surface area contributed by atoms with Gasteiger partial charge in [0.2, 0.25) is 17.7 Å². The first-order chi connectivity index (χ1) is 21.5. The summed E-state index contributed by atoms with van der Waals surface area (Å²) < 4.78 is 80.9. The van der Waals surface area contributed by atoms with Crippen molar-refractivity contribution < 1.29 is 50.4 Å². The molecule has 0 bridgehead atoms. The van der Waals surface area contributed by atoms with Crippen molar-refractivity contribution in [1.82, 2.24) is 10.2 Å². The molecule has 2 aromatic carbocycles. The lowest BCUT2D eigenvalue weighted by molar-refractivity contribution is -0.138. The van der Waals surface area contributed by atoms with Crippen molar-refractivity contribution in [2.75, 3.05) is 38.0 Å². The molecule has 0 saturated carbocycles. The molecule has 1 heterocycles. The molecular weight excluding hydrogens is 625 g/mol. The topological polar surface area (TPSA) is 186 Å². The Balaban J connectivity index is 0.000000512. The molecule has 18 heteroatoms. The molecule has 11 nitrogen and oxygen atoms in total. The van der Waals surface area contributed by atoms with E-state index in [0.717, 1.165) is 30.2 Å². The summed E-state index contributed by atoms with van der Waals surface area (Å²) in [6.45, 7) is 2.08. The van der Waals surface area contributed by atoms with Gasteiger partial charge in [-0.1, -0.05) is 19.1 Å². The zero-order valence-electron chi connectivity index (χ0n) is 25.0. The Labute approximate surface area is 261 Å². The number of halogens is 6. The van der Waals surface area contributed by atoms with Gasteiger partial charge in [0.15, 0.2) is 0 Å². The van der Waals surface area contributed by atoms with E-state index < -0.39 is 61.6 Å². The molecule has 0 aliphatic carbocycles. The van der Waals surface area contributed by atoms with Gasteiger partial charge in [0, 0.05) is 38.3 Å². The van der Waals surface area contributed by atoms with Crippen LogP contribution in [-0.2, 0) is 44.4 Å². The average Bonchev–Trinajstić information content (AvgIpc) is 3.37. The van der Waals surface area contributed by atoms with Crippen LogP contribution >= 0.6 is 0 Å². The maximum Gasteiger partial charge on any atom is 0.491 e. The van der Waals surface area contributed by atoms with E-state index in [1.807, 2.05) is 6.92 Å². The van der Waals surface area contributed by atoms with Crippen LogP contribution in [0.4, 0.5) is 32.0 Å². The van der Waals surface area contributed by atoms with Gasteiger partial charge in [-0.25, -0.2) is 0 Å². The van der Waals surface area contributed by atoms with Crippen LogP contribution in [-0.4, -0.2) is 73.5 Å². The van der Waals surface area contributed by atoms with Gasteiger partial charge >= 0.3 is 19.5 Å². The first kappa shape index (κ1) is 38.5. The van der Waals surface area contributed by atoms with E-state index in [2.05, 4.69) is 10.6 Å². The zero-order chi connectivity index (χ0) is 34.7.